The van der Waals surface area contributed by atoms with E-state index in [0.29, 0.717) is 16.7 Å². The summed E-state index contributed by atoms with van der Waals surface area (Å²) >= 11 is 3.40. The van der Waals surface area contributed by atoms with Gasteiger partial charge in [0.25, 0.3) is 5.56 Å². The van der Waals surface area contributed by atoms with Gasteiger partial charge >= 0.3 is 0 Å². The Morgan fingerprint density at radius 2 is 1.89 bits per heavy atom. The quantitative estimate of drug-likeness (QED) is 0.459. The summed E-state index contributed by atoms with van der Waals surface area (Å²) in [6.45, 7) is 3.84. The Labute approximate surface area is 164 Å². The predicted octanol–water partition coefficient (Wildman–Crippen LogP) is 4.45. The van der Waals surface area contributed by atoms with E-state index in [1.807, 2.05) is 47.2 Å². The molecule has 4 aromatic rings. The van der Waals surface area contributed by atoms with Crippen LogP contribution in [-0.2, 0) is 0 Å². The van der Waals surface area contributed by atoms with Gasteiger partial charge in [0.05, 0.1) is 22.8 Å². The zero-order valence-corrected chi connectivity index (χ0v) is 16.5. The maximum absolute atomic E-state index is 12.9. The molecule has 0 spiro atoms. The number of benzene rings is 2. The molecule has 5 nitrogen and oxygen atoms in total. The Balaban J connectivity index is 1.80. The fourth-order valence-electron chi connectivity index (χ4n) is 3.07. The van der Waals surface area contributed by atoms with Crippen molar-refractivity contribution in [2.24, 2.45) is 5.10 Å². The second-order valence-electron chi connectivity index (χ2n) is 6.27. The van der Waals surface area contributed by atoms with Crippen molar-refractivity contribution in [3.63, 3.8) is 0 Å². The van der Waals surface area contributed by atoms with Crippen LogP contribution in [0.3, 0.4) is 0 Å². The monoisotopic (exact) mass is 420 g/mol. The molecule has 2 heterocycles. The number of hydrogen-bond donors (Lipinski definition) is 0. The lowest BCUT2D eigenvalue weighted by atomic mass is 10.2. The lowest BCUT2D eigenvalue weighted by Crippen LogP contribution is -2.20. The second kappa shape index (κ2) is 6.96. The number of rotatable bonds is 3. The lowest BCUT2D eigenvalue weighted by Gasteiger charge is -2.10. The molecule has 0 aliphatic heterocycles. The van der Waals surface area contributed by atoms with E-state index in [-0.39, 0.29) is 5.56 Å². The Morgan fingerprint density at radius 1 is 1.07 bits per heavy atom. The van der Waals surface area contributed by atoms with Crippen LogP contribution >= 0.6 is 15.9 Å². The van der Waals surface area contributed by atoms with Crippen LogP contribution in [0.15, 0.2) is 75.2 Å². The first-order chi connectivity index (χ1) is 13.0. The molecule has 0 amide bonds. The number of para-hydroxylation sites is 1. The molecule has 0 aliphatic carbocycles. The van der Waals surface area contributed by atoms with Gasteiger partial charge in [0.15, 0.2) is 0 Å². The highest BCUT2D eigenvalue weighted by atomic mass is 79.9. The van der Waals surface area contributed by atoms with E-state index in [1.54, 1.807) is 19.2 Å². The minimum atomic E-state index is -0.191. The summed E-state index contributed by atoms with van der Waals surface area (Å²) in [6, 6.07) is 17.5. The maximum Gasteiger partial charge on any atom is 0.282 e. The van der Waals surface area contributed by atoms with Crippen molar-refractivity contribution in [3.05, 3.63) is 92.7 Å². The van der Waals surface area contributed by atoms with E-state index in [1.165, 1.54) is 4.68 Å². The minimum absolute atomic E-state index is 0.191. The fraction of sp³-hybridized carbons (Fsp3) is 0.0952. The van der Waals surface area contributed by atoms with Crippen LogP contribution in [0.25, 0.3) is 16.6 Å². The van der Waals surface area contributed by atoms with E-state index in [9.17, 15) is 4.79 Å². The third-order valence-electron chi connectivity index (χ3n) is 4.43. The molecule has 134 valence electrons. The van der Waals surface area contributed by atoms with Gasteiger partial charge in [-0.15, -0.1) is 0 Å². The summed E-state index contributed by atoms with van der Waals surface area (Å²) in [5.74, 6) is 0.542. The van der Waals surface area contributed by atoms with E-state index in [4.69, 9.17) is 0 Å². The minimum Gasteiger partial charge on any atom is -0.315 e. The standard InChI is InChI=1S/C21H17BrN4O/c1-14-6-3-4-8-20(14)25-11-5-7-17(25)13-23-26-15(2)24-19-10-9-16(22)12-18(19)21(26)27/h3-13H,1-2H3. The topological polar surface area (TPSA) is 52.2 Å². The summed E-state index contributed by atoms with van der Waals surface area (Å²) in [5, 5.41) is 4.95. The molecule has 2 aromatic heterocycles. The van der Waals surface area contributed by atoms with E-state index >= 15 is 0 Å². The van der Waals surface area contributed by atoms with Gasteiger partial charge < -0.3 is 4.57 Å². The molecule has 0 bridgehead atoms. The molecule has 0 atom stereocenters. The maximum atomic E-state index is 12.9. The normalized spacial score (nSPS) is 11.5. The number of fused-ring (bicyclic) bond motifs is 1. The SMILES string of the molecule is Cc1ccccc1-n1cccc1C=Nn1c(C)nc2ccc(Br)cc2c1=O. The Morgan fingerprint density at radius 3 is 2.70 bits per heavy atom. The Kier molecular flexibility index (Phi) is 4.49. The van der Waals surface area contributed by atoms with Gasteiger partial charge in [0.1, 0.15) is 5.82 Å². The molecular formula is C21H17BrN4O. The molecule has 0 saturated carbocycles. The number of hydrogen-bond acceptors (Lipinski definition) is 3. The van der Waals surface area contributed by atoms with Crippen molar-refractivity contribution in [1.29, 1.82) is 0 Å². The molecular weight excluding hydrogens is 404 g/mol. The first-order valence-electron chi connectivity index (χ1n) is 8.51. The van der Waals surface area contributed by atoms with Crippen molar-refractivity contribution in [1.82, 2.24) is 14.2 Å². The van der Waals surface area contributed by atoms with Crippen LogP contribution in [0.2, 0.25) is 0 Å². The lowest BCUT2D eigenvalue weighted by molar-refractivity contribution is 0.769. The average molecular weight is 421 g/mol. The number of halogens is 1. The largest absolute Gasteiger partial charge is 0.315 e. The molecule has 4 rings (SSSR count). The fourth-order valence-corrected chi connectivity index (χ4v) is 3.43. The van der Waals surface area contributed by atoms with Gasteiger partial charge in [-0.2, -0.15) is 9.78 Å². The van der Waals surface area contributed by atoms with E-state index in [0.717, 1.165) is 21.4 Å². The zero-order chi connectivity index (χ0) is 19.0. The summed E-state index contributed by atoms with van der Waals surface area (Å²) in [4.78, 5) is 17.3. The summed E-state index contributed by atoms with van der Waals surface area (Å²) in [5.41, 5.74) is 3.59. The zero-order valence-electron chi connectivity index (χ0n) is 14.9. The Bertz CT molecular complexity index is 1240. The molecule has 0 radical (unpaired) electrons. The molecule has 0 unspecified atom stereocenters. The summed E-state index contributed by atoms with van der Waals surface area (Å²) in [7, 11) is 0. The van der Waals surface area contributed by atoms with Gasteiger partial charge in [-0.25, -0.2) is 4.98 Å². The third-order valence-corrected chi connectivity index (χ3v) is 4.92. The number of nitrogens with zero attached hydrogens (tertiary/aromatic N) is 4. The number of aromatic nitrogens is 3. The van der Waals surface area contributed by atoms with E-state index < -0.39 is 0 Å². The molecule has 2 aromatic carbocycles. The van der Waals surface area contributed by atoms with Crippen LogP contribution in [0.5, 0.6) is 0 Å². The Hall–Kier alpha value is -2.99. The third kappa shape index (κ3) is 3.24. The molecule has 0 fully saturated rings. The van der Waals surface area contributed by atoms with Crippen molar-refractivity contribution in [2.45, 2.75) is 13.8 Å². The van der Waals surface area contributed by atoms with Crippen LogP contribution < -0.4 is 5.56 Å². The van der Waals surface area contributed by atoms with Gasteiger partial charge in [0, 0.05) is 16.4 Å². The average Bonchev–Trinajstić information content (AvgIpc) is 3.11. The van der Waals surface area contributed by atoms with Gasteiger partial charge in [-0.1, -0.05) is 34.1 Å². The van der Waals surface area contributed by atoms with E-state index in [2.05, 4.69) is 45.1 Å². The second-order valence-corrected chi connectivity index (χ2v) is 7.19. The van der Waals surface area contributed by atoms with Crippen LogP contribution in [-0.4, -0.2) is 20.4 Å². The summed E-state index contributed by atoms with van der Waals surface area (Å²) in [6.07, 6.45) is 3.67. The highest BCUT2D eigenvalue weighted by Crippen LogP contribution is 2.17. The molecule has 6 heteroatoms. The van der Waals surface area contributed by atoms with Crippen molar-refractivity contribution < 1.29 is 0 Å². The van der Waals surface area contributed by atoms with Gasteiger partial charge in [-0.3, -0.25) is 4.79 Å². The van der Waals surface area contributed by atoms with Crippen molar-refractivity contribution >= 4 is 33.0 Å². The predicted molar refractivity (Wildman–Crippen MR) is 112 cm³/mol. The molecule has 0 saturated heterocycles. The smallest absolute Gasteiger partial charge is 0.282 e. The highest BCUT2D eigenvalue weighted by molar-refractivity contribution is 9.10. The van der Waals surface area contributed by atoms with Gasteiger partial charge in [0.2, 0.25) is 0 Å². The van der Waals surface area contributed by atoms with Crippen LogP contribution in [0.4, 0.5) is 0 Å². The highest BCUT2D eigenvalue weighted by Gasteiger charge is 2.09. The first-order valence-corrected chi connectivity index (χ1v) is 9.30. The van der Waals surface area contributed by atoms with Crippen molar-refractivity contribution in [3.8, 4) is 5.69 Å². The molecule has 0 aliphatic rings. The first kappa shape index (κ1) is 17.4. The van der Waals surface area contributed by atoms with Crippen LogP contribution in [0.1, 0.15) is 17.1 Å². The van der Waals surface area contributed by atoms with Gasteiger partial charge in [-0.05, 0) is 55.8 Å². The molecule has 0 N–H and O–H groups in total. The van der Waals surface area contributed by atoms with Crippen LogP contribution in [0, 0.1) is 13.8 Å². The molecule has 27 heavy (non-hydrogen) atoms. The van der Waals surface area contributed by atoms with Crippen molar-refractivity contribution in [2.75, 3.05) is 0 Å². The summed E-state index contributed by atoms with van der Waals surface area (Å²) < 4.78 is 4.22. The number of aryl methyl sites for hydroxylation is 2.